The highest BCUT2D eigenvalue weighted by molar-refractivity contribution is 5.98. The zero-order valence-electron chi connectivity index (χ0n) is 14.6. The number of hydrogen-bond donors (Lipinski definition) is 2. The van der Waals surface area contributed by atoms with Crippen molar-refractivity contribution in [2.75, 3.05) is 6.54 Å². The molecule has 2 amide bonds. The van der Waals surface area contributed by atoms with E-state index in [4.69, 9.17) is 0 Å². The zero-order chi connectivity index (χ0) is 18.4. The van der Waals surface area contributed by atoms with Crippen LogP contribution in [0.15, 0.2) is 42.5 Å². The second-order valence-corrected chi connectivity index (χ2v) is 7.23. The molecule has 2 aromatic rings. The minimum atomic E-state index is -0.981. The largest absolute Gasteiger partial charge is 0.391 e. The van der Waals surface area contributed by atoms with Gasteiger partial charge in [-0.15, -0.1) is 0 Å². The van der Waals surface area contributed by atoms with Crippen molar-refractivity contribution in [3.63, 3.8) is 0 Å². The fourth-order valence-corrected chi connectivity index (χ4v) is 4.10. The van der Waals surface area contributed by atoms with Crippen molar-refractivity contribution in [2.45, 2.75) is 44.2 Å². The number of carbonyl (C=O) groups excluding carboxylic acids is 2. The molecule has 2 aliphatic rings. The lowest BCUT2D eigenvalue weighted by atomic mass is 9.99. The number of aliphatic hydroxyl groups excluding tert-OH is 2. The molecule has 2 aliphatic heterocycles. The summed E-state index contributed by atoms with van der Waals surface area (Å²) in [6.07, 6.45) is -1.42. The van der Waals surface area contributed by atoms with E-state index < -0.39 is 24.3 Å². The Bertz CT molecular complexity index is 866. The lowest BCUT2D eigenvalue weighted by Crippen LogP contribution is -2.65. The average Bonchev–Trinajstić information content (AvgIpc) is 3.01. The Hall–Kier alpha value is -2.44. The van der Waals surface area contributed by atoms with E-state index in [-0.39, 0.29) is 31.3 Å². The maximum atomic E-state index is 13.0. The van der Waals surface area contributed by atoms with Gasteiger partial charge in [-0.1, -0.05) is 36.4 Å². The molecule has 0 aromatic heterocycles. The minimum absolute atomic E-state index is 0.155. The first-order valence-electron chi connectivity index (χ1n) is 8.90. The molecular weight excluding hydrogens is 332 g/mol. The monoisotopic (exact) mass is 354 g/mol. The number of rotatable bonds is 3. The third kappa shape index (κ3) is 2.75. The standard InChI is InChI=1S/C20H22N2O4/c1-12(23)18-20(26)21-11-16(24)9-17(21)19(25)22(18)10-13-6-7-14-4-2-3-5-15(14)8-13/h2-8,12,16-18,23-24H,9-11H2,1H3/t12-,16-,17?,18+/m1/s1. The smallest absolute Gasteiger partial charge is 0.248 e. The zero-order valence-corrected chi connectivity index (χ0v) is 14.6. The van der Waals surface area contributed by atoms with Crippen LogP contribution in [0.25, 0.3) is 10.8 Å². The molecule has 4 rings (SSSR count). The van der Waals surface area contributed by atoms with Crippen LogP contribution < -0.4 is 0 Å². The van der Waals surface area contributed by atoms with Gasteiger partial charge < -0.3 is 20.0 Å². The molecule has 136 valence electrons. The maximum absolute atomic E-state index is 13.0. The molecule has 0 spiro atoms. The van der Waals surface area contributed by atoms with Crippen LogP contribution >= 0.6 is 0 Å². The van der Waals surface area contributed by atoms with E-state index in [1.54, 1.807) is 0 Å². The highest BCUT2D eigenvalue weighted by Gasteiger charge is 2.51. The molecule has 2 fully saturated rings. The lowest BCUT2D eigenvalue weighted by molar-refractivity contribution is -0.164. The summed E-state index contributed by atoms with van der Waals surface area (Å²) in [4.78, 5) is 28.7. The van der Waals surface area contributed by atoms with Crippen LogP contribution in [0.1, 0.15) is 18.9 Å². The van der Waals surface area contributed by atoms with Gasteiger partial charge in [0.25, 0.3) is 0 Å². The fraction of sp³-hybridized carbons (Fsp3) is 0.400. The molecular formula is C20H22N2O4. The van der Waals surface area contributed by atoms with Crippen molar-refractivity contribution in [2.24, 2.45) is 0 Å². The summed E-state index contributed by atoms with van der Waals surface area (Å²) >= 11 is 0. The van der Waals surface area contributed by atoms with Gasteiger partial charge in [-0.3, -0.25) is 9.59 Å². The second-order valence-electron chi connectivity index (χ2n) is 7.23. The van der Waals surface area contributed by atoms with Crippen LogP contribution in [0.4, 0.5) is 0 Å². The summed E-state index contributed by atoms with van der Waals surface area (Å²) in [5.41, 5.74) is 0.905. The van der Waals surface area contributed by atoms with Gasteiger partial charge in [0.1, 0.15) is 12.1 Å². The van der Waals surface area contributed by atoms with Crippen molar-refractivity contribution >= 4 is 22.6 Å². The summed E-state index contributed by atoms with van der Waals surface area (Å²) in [6.45, 7) is 1.93. The Balaban J connectivity index is 1.67. The van der Waals surface area contributed by atoms with Crippen molar-refractivity contribution in [1.29, 1.82) is 0 Å². The van der Waals surface area contributed by atoms with E-state index in [1.807, 2.05) is 42.5 Å². The molecule has 4 atom stereocenters. The highest BCUT2D eigenvalue weighted by Crippen LogP contribution is 2.30. The van der Waals surface area contributed by atoms with Crippen LogP contribution in [0.5, 0.6) is 0 Å². The van der Waals surface area contributed by atoms with E-state index in [1.165, 1.54) is 16.7 Å². The fourth-order valence-electron chi connectivity index (χ4n) is 4.10. The molecule has 2 heterocycles. The lowest BCUT2D eigenvalue weighted by Gasteiger charge is -2.43. The minimum Gasteiger partial charge on any atom is -0.391 e. The van der Waals surface area contributed by atoms with Gasteiger partial charge in [0.05, 0.1) is 12.2 Å². The van der Waals surface area contributed by atoms with E-state index in [9.17, 15) is 19.8 Å². The number of amides is 2. The summed E-state index contributed by atoms with van der Waals surface area (Å²) in [6, 6.07) is 12.3. The number of aliphatic hydroxyl groups is 2. The quantitative estimate of drug-likeness (QED) is 0.858. The Morgan fingerprint density at radius 1 is 1.12 bits per heavy atom. The first-order valence-corrected chi connectivity index (χ1v) is 8.90. The summed E-state index contributed by atoms with van der Waals surface area (Å²) < 4.78 is 0. The van der Waals surface area contributed by atoms with Crippen molar-refractivity contribution in [3.05, 3.63) is 48.0 Å². The molecule has 6 heteroatoms. The average molecular weight is 354 g/mol. The van der Waals surface area contributed by atoms with Crippen molar-refractivity contribution in [3.8, 4) is 0 Å². The van der Waals surface area contributed by atoms with E-state index in [2.05, 4.69) is 0 Å². The van der Waals surface area contributed by atoms with Gasteiger partial charge in [-0.2, -0.15) is 0 Å². The maximum Gasteiger partial charge on any atom is 0.248 e. The van der Waals surface area contributed by atoms with Gasteiger partial charge in [0, 0.05) is 19.5 Å². The predicted molar refractivity (Wildman–Crippen MR) is 96.1 cm³/mol. The molecule has 0 radical (unpaired) electrons. The van der Waals surface area contributed by atoms with Crippen molar-refractivity contribution < 1.29 is 19.8 Å². The summed E-state index contributed by atoms with van der Waals surface area (Å²) in [5.74, 6) is -0.498. The van der Waals surface area contributed by atoms with Crippen LogP contribution in [-0.2, 0) is 16.1 Å². The number of fused-ring (bicyclic) bond motifs is 2. The number of nitrogens with zero attached hydrogens (tertiary/aromatic N) is 2. The SMILES string of the molecule is C[C@@H](O)[C@H]1C(=O)N2C[C@H](O)CC2C(=O)N1Cc1ccc2ccccc2c1. The molecule has 1 unspecified atom stereocenters. The van der Waals surface area contributed by atoms with Crippen molar-refractivity contribution in [1.82, 2.24) is 9.80 Å². The number of piperazine rings is 1. The molecule has 6 nitrogen and oxygen atoms in total. The van der Waals surface area contributed by atoms with E-state index >= 15 is 0 Å². The third-order valence-corrected chi connectivity index (χ3v) is 5.34. The molecule has 0 bridgehead atoms. The normalized spacial score (nSPS) is 27.1. The topological polar surface area (TPSA) is 81.1 Å². The van der Waals surface area contributed by atoms with Gasteiger partial charge >= 0.3 is 0 Å². The molecule has 0 aliphatic carbocycles. The predicted octanol–water partition coefficient (Wildman–Crippen LogP) is 0.893. The molecule has 2 aromatic carbocycles. The van der Waals surface area contributed by atoms with Crippen LogP contribution in [0.3, 0.4) is 0 Å². The summed E-state index contributed by atoms with van der Waals surface area (Å²) in [5, 5.41) is 22.2. The van der Waals surface area contributed by atoms with Gasteiger partial charge in [0.2, 0.25) is 11.8 Å². The molecule has 26 heavy (non-hydrogen) atoms. The van der Waals surface area contributed by atoms with Gasteiger partial charge in [-0.05, 0) is 29.3 Å². The van der Waals surface area contributed by atoms with E-state index in [0.29, 0.717) is 0 Å². The van der Waals surface area contributed by atoms with Gasteiger partial charge in [0.15, 0.2) is 0 Å². The molecule has 2 N–H and O–H groups in total. The number of carbonyl (C=O) groups is 2. The Morgan fingerprint density at radius 3 is 2.58 bits per heavy atom. The number of benzene rings is 2. The Kier molecular flexibility index (Phi) is 4.17. The van der Waals surface area contributed by atoms with Gasteiger partial charge in [-0.25, -0.2) is 0 Å². The number of hydrogen-bond acceptors (Lipinski definition) is 4. The van der Waals surface area contributed by atoms with Crippen LogP contribution in [0, 0.1) is 0 Å². The molecule has 2 saturated heterocycles. The van der Waals surface area contributed by atoms with Crippen LogP contribution in [-0.4, -0.2) is 62.7 Å². The van der Waals surface area contributed by atoms with Crippen LogP contribution in [0.2, 0.25) is 0 Å². The molecule has 0 saturated carbocycles. The Morgan fingerprint density at radius 2 is 1.85 bits per heavy atom. The van der Waals surface area contributed by atoms with E-state index in [0.717, 1.165) is 16.3 Å². The summed E-state index contributed by atoms with van der Waals surface area (Å²) in [7, 11) is 0. The first-order chi connectivity index (χ1) is 12.5. The second kappa shape index (κ2) is 6.37. The third-order valence-electron chi connectivity index (χ3n) is 5.34. The first kappa shape index (κ1) is 17.0. The highest BCUT2D eigenvalue weighted by atomic mass is 16.3. The Labute approximate surface area is 151 Å².